The van der Waals surface area contributed by atoms with Gasteiger partial charge in [0.05, 0.1) is 5.75 Å². The van der Waals surface area contributed by atoms with E-state index >= 15 is 0 Å². The van der Waals surface area contributed by atoms with Crippen molar-refractivity contribution >= 4 is 29.0 Å². The molecule has 0 radical (unpaired) electrons. The fourth-order valence-electron chi connectivity index (χ4n) is 3.87. The third-order valence-corrected chi connectivity index (χ3v) is 6.82. The van der Waals surface area contributed by atoms with Crippen LogP contribution in [0.25, 0.3) is 11.4 Å². The lowest BCUT2D eigenvalue weighted by atomic mass is 9.87. The number of amides is 1. The molecular formula is C25H31N5OS. The minimum Gasteiger partial charge on any atom is -0.372 e. The highest BCUT2D eigenvalue weighted by atomic mass is 32.2. The summed E-state index contributed by atoms with van der Waals surface area (Å²) < 4.78 is 1.94. The van der Waals surface area contributed by atoms with Crippen LogP contribution < -0.4 is 10.2 Å². The number of nitrogens with zero attached hydrogens (tertiary/aromatic N) is 4. The largest absolute Gasteiger partial charge is 0.372 e. The second-order valence-corrected chi connectivity index (χ2v) is 10.2. The van der Waals surface area contributed by atoms with Gasteiger partial charge in [0.25, 0.3) is 0 Å². The SMILES string of the molecule is Cn1c(SCC(=O)Nc2ccc(N3CCCC3)cc2)nnc1-c1ccc(C(C)(C)C)cc1. The average Bonchev–Trinajstić information content (AvgIpc) is 3.43. The summed E-state index contributed by atoms with van der Waals surface area (Å²) in [6.07, 6.45) is 2.50. The summed E-state index contributed by atoms with van der Waals surface area (Å²) in [7, 11) is 1.93. The molecule has 3 aromatic rings. The lowest BCUT2D eigenvalue weighted by Gasteiger charge is -2.19. The van der Waals surface area contributed by atoms with Gasteiger partial charge >= 0.3 is 0 Å². The van der Waals surface area contributed by atoms with Gasteiger partial charge in [-0.05, 0) is 48.1 Å². The Hall–Kier alpha value is -2.80. The molecule has 1 aromatic heterocycles. The molecule has 0 spiro atoms. The molecule has 2 aromatic carbocycles. The van der Waals surface area contributed by atoms with E-state index in [0.29, 0.717) is 0 Å². The van der Waals surface area contributed by atoms with Gasteiger partial charge in [-0.3, -0.25) is 4.79 Å². The number of thioether (sulfide) groups is 1. The Morgan fingerprint density at radius 1 is 1.00 bits per heavy atom. The van der Waals surface area contributed by atoms with Crippen molar-refractivity contribution in [3.63, 3.8) is 0 Å². The molecule has 0 unspecified atom stereocenters. The highest BCUT2D eigenvalue weighted by Crippen LogP contribution is 2.27. The average molecular weight is 450 g/mol. The maximum absolute atomic E-state index is 12.4. The molecule has 0 atom stereocenters. The van der Waals surface area contributed by atoms with E-state index in [1.165, 1.54) is 35.9 Å². The zero-order valence-electron chi connectivity index (χ0n) is 19.3. The van der Waals surface area contributed by atoms with Crippen LogP contribution in [-0.4, -0.2) is 39.5 Å². The van der Waals surface area contributed by atoms with Gasteiger partial charge in [0, 0.05) is 37.1 Å². The lowest BCUT2D eigenvalue weighted by Crippen LogP contribution is -2.18. The van der Waals surface area contributed by atoms with Crippen LogP contribution in [0.15, 0.2) is 53.7 Å². The Kier molecular flexibility index (Phi) is 6.55. The normalized spacial score (nSPS) is 14.1. The van der Waals surface area contributed by atoms with Gasteiger partial charge in [-0.2, -0.15) is 0 Å². The number of carbonyl (C=O) groups excluding carboxylic acids is 1. The zero-order valence-corrected chi connectivity index (χ0v) is 20.1. The molecule has 32 heavy (non-hydrogen) atoms. The van der Waals surface area contributed by atoms with Gasteiger partial charge in [-0.25, -0.2) is 0 Å². The van der Waals surface area contributed by atoms with Crippen molar-refractivity contribution in [1.29, 1.82) is 0 Å². The van der Waals surface area contributed by atoms with Crippen LogP contribution in [0, 0.1) is 0 Å². The van der Waals surface area contributed by atoms with Gasteiger partial charge in [0.1, 0.15) is 0 Å². The molecule has 168 valence electrons. The second-order valence-electron chi connectivity index (χ2n) is 9.27. The van der Waals surface area contributed by atoms with E-state index in [-0.39, 0.29) is 17.1 Å². The van der Waals surface area contributed by atoms with Gasteiger partial charge in [-0.15, -0.1) is 10.2 Å². The fraction of sp³-hybridized carbons (Fsp3) is 0.400. The van der Waals surface area contributed by atoms with E-state index in [4.69, 9.17) is 0 Å². The van der Waals surface area contributed by atoms with Crippen molar-refractivity contribution in [2.45, 2.75) is 44.2 Å². The van der Waals surface area contributed by atoms with Crippen molar-refractivity contribution in [2.75, 3.05) is 29.1 Å². The van der Waals surface area contributed by atoms with E-state index in [9.17, 15) is 4.79 Å². The van der Waals surface area contributed by atoms with Gasteiger partial charge in [-0.1, -0.05) is 56.8 Å². The summed E-state index contributed by atoms with van der Waals surface area (Å²) in [5.41, 5.74) is 4.44. The Morgan fingerprint density at radius 2 is 1.66 bits per heavy atom. The summed E-state index contributed by atoms with van der Waals surface area (Å²) in [4.78, 5) is 14.8. The first-order chi connectivity index (χ1) is 15.3. The molecule has 0 bridgehead atoms. The first-order valence-corrected chi connectivity index (χ1v) is 12.1. The van der Waals surface area contributed by atoms with E-state index in [1.54, 1.807) is 0 Å². The minimum absolute atomic E-state index is 0.0528. The predicted octanol–water partition coefficient (Wildman–Crippen LogP) is 5.11. The first-order valence-electron chi connectivity index (χ1n) is 11.1. The molecule has 2 heterocycles. The molecule has 0 aliphatic carbocycles. The van der Waals surface area contributed by atoms with E-state index in [1.807, 2.05) is 23.7 Å². The minimum atomic E-state index is -0.0528. The number of benzene rings is 2. The summed E-state index contributed by atoms with van der Waals surface area (Å²) in [6, 6.07) is 16.5. The molecular weight excluding hydrogens is 418 g/mol. The Morgan fingerprint density at radius 3 is 2.28 bits per heavy atom. The maximum atomic E-state index is 12.4. The van der Waals surface area contributed by atoms with Crippen molar-refractivity contribution in [3.05, 3.63) is 54.1 Å². The number of rotatable bonds is 6. The number of aromatic nitrogens is 3. The van der Waals surface area contributed by atoms with Crippen LogP contribution in [0.2, 0.25) is 0 Å². The first kappa shape index (κ1) is 22.4. The number of anilines is 2. The fourth-order valence-corrected chi connectivity index (χ4v) is 4.58. The van der Waals surface area contributed by atoms with Gasteiger partial charge in [0.15, 0.2) is 11.0 Å². The van der Waals surface area contributed by atoms with Crippen LogP contribution in [0.5, 0.6) is 0 Å². The van der Waals surface area contributed by atoms with E-state index in [2.05, 4.69) is 77.6 Å². The van der Waals surface area contributed by atoms with Crippen LogP contribution in [-0.2, 0) is 17.3 Å². The zero-order chi connectivity index (χ0) is 22.7. The van der Waals surface area contributed by atoms with Crippen LogP contribution >= 0.6 is 11.8 Å². The molecule has 4 rings (SSSR count). The number of nitrogens with one attached hydrogen (secondary N) is 1. The standard InChI is InChI=1S/C25H31N5OS/c1-25(2,3)19-9-7-18(8-10-19)23-27-28-24(29(23)4)32-17-22(31)26-20-11-13-21(14-12-20)30-15-5-6-16-30/h7-14H,5-6,15-17H2,1-4H3,(H,26,31). The summed E-state index contributed by atoms with van der Waals surface area (Å²) in [6.45, 7) is 8.83. The molecule has 1 N–H and O–H groups in total. The highest BCUT2D eigenvalue weighted by Gasteiger charge is 2.16. The van der Waals surface area contributed by atoms with Crippen molar-refractivity contribution in [2.24, 2.45) is 7.05 Å². The Labute approximate surface area is 194 Å². The van der Waals surface area contributed by atoms with Crippen LogP contribution in [0.1, 0.15) is 39.2 Å². The topological polar surface area (TPSA) is 63.1 Å². The quantitative estimate of drug-likeness (QED) is 0.530. The predicted molar refractivity (Wildman–Crippen MR) is 132 cm³/mol. The van der Waals surface area contributed by atoms with Crippen LogP contribution in [0.4, 0.5) is 11.4 Å². The van der Waals surface area contributed by atoms with E-state index < -0.39 is 0 Å². The molecule has 0 saturated carbocycles. The molecule has 1 aliphatic heterocycles. The molecule has 6 nitrogen and oxygen atoms in total. The summed E-state index contributed by atoms with van der Waals surface area (Å²) in [5, 5.41) is 12.3. The summed E-state index contributed by atoms with van der Waals surface area (Å²) in [5.74, 6) is 1.02. The maximum Gasteiger partial charge on any atom is 0.234 e. The second kappa shape index (κ2) is 9.36. The number of hydrogen-bond donors (Lipinski definition) is 1. The van der Waals surface area contributed by atoms with Crippen molar-refractivity contribution in [1.82, 2.24) is 14.8 Å². The van der Waals surface area contributed by atoms with Crippen molar-refractivity contribution < 1.29 is 4.79 Å². The Balaban J connectivity index is 1.34. The monoisotopic (exact) mass is 449 g/mol. The number of hydrogen-bond acceptors (Lipinski definition) is 5. The molecule has 1 fully saturated rings. The van der Waals surface area contributed by atoms with E-state index in [0.717, 1.165) is 35.3 Å². The van der Waals surface area contributed by atoms with Gasteiger partial charge < -0.3 is 14.8 Å². The molecule has 1 saturated heterocycles. The molecule has 7 heteroatoms. The Bertz CT molecular complexity index is 1060. The molecule has 1 amide bonds. The third-order valence-electron chi connectivity index (χ3n) is 5.80. The lowest BCUT2D eigenvalue weighted by molar-refractivity contribution is -0.113. The highest BCUT2D eigenvalue weighted by molar-refractivity contribution is 7.99. The third kappa shape index (κ3) is 5.15. The summed E-state index contributed by atoms with van der Waals surface area (Å²) >= 11 is 1.39. The molecule has 1 aliphatic rings. The van der Waals surface area contributed by atoms with Gasteiger partial charge in [0.2, 0.25) is 5.91 Å². The van der Waals surface area contributed by atoms with Crippen LogP contribution in [0.3, 0.4) is 0 Å². The van der Waals surface area contributed by atoms with Crippen molar-refractivity contribution in [3.8, 4) is 11.4 Å². The number of carbonyl (C=O) groups is 1. The smallest absolute Gasteiger partial charge is 0.234 e.